The molecule has 3 aliphatic rings. The fourth-order valence-electron chi connectivity index (χ4n) is 4.99. The Labute approximate surface area is 125 Å². The van der Waals surface area contributed by atoms with Crippen molar-refractivity contribution in [2.45, 2.75) is 89.1 Å². The summed E-state index contributed by atoms with van der Waals surface area (Å²) >= 11 is 0. The molecule has 0 aromatic heterocycles. The number of hydrogen-bond acceptors (Lipinski definition) is 2. The van der Waals surface area contributed by atoms with E-state index in [9.17, 15) is 0 Å². The van der Waals surface area contributed by atoms with Crippen LogP contribution in [0.5, 0.6) is 0 Å². The molecular weight excluding hydrogens is 244 g/mol. The highest BCUT2D eigenvalue weighted by atomic mass is 15.3. The summed E-state index contributed by atoms with van der Waals surface area (Å²) in [5, 5.41) is 4.01. The van der Waals surface area contributed by atoms with Gasteiger partial charge in [0.05, 0.1) is 0 Å². The van der Waals surface area contributed by atoms with Crippen LogP contribution in [-0.2, 0) is 0 Å². The Balaban J connectivity index is 1.65. The second kappa shape index (κ2) is 6.79. The van der Waals surface area contributed by atoms with E-state index < -0.39 is 0 Å². The van der Waals surface area contributed by atoms with Crippen molar-refractivity contribution >= 4 is 0 Å². The molecule has 0 bridgehead atoms. The number of unbranched alkanes of at least 4 members (excludes halogenated alkanes) is 1. The highest BCUT2D eigenvalue weighted by Gasteiger charge is 2.42. The van der Waals surface area contributed by atoms with Crippen molar-refractivity contribution in [2.75, 3.05) is 19.6 Å². The fourth-order valence-corrected chi connectivity index (χ4v) is 4.99. The molecule has 116 valence electrons. The van der Waals surface area contributed by atoms with Crippen molar-refractivity contribution in [2.24, 2.45) is 5.92 Å². The molecule has 3 rings (SSSR count). The van der Waals surface area contributed by atoms with Crippen molar-refractivity contribution in [3.8, 4) is 0 Å². The predicted molar refractivity (Wildman–Crippen MR) is 86.0 cm³/mol. The van der Waals surface area contributed by atoms with E-state index >= 15 is 0 Å². The summed E-state index contributed by atoms with van der Waals surface area (Å²) in [6.07, 6.45) is 15.9. The lowest BCUT2D eigenvalue weighted by atomic mass is 9.80. The van der Waals surface area contributed by atoms with E-state index in [1.54, 1.807) is 0 Å². The molecular formula is C18H34N2. The average molecular weight is 278 g/mol. The largest absolute Gasteiger partial charge is 0.308 e. The van der Waals surface area contributed by atoms with E-state index in [4.69, 9.17) is 0 Å². The molecule has 1 heterocycles. The highest BCUT2D eigenvalue weighted by Crippen LogP contribution is 2.37. The topological polar surface area (TPSA) is 15.3 Å². The Bertz CT molecular complexity index is 290. The third-order valence-corrected chi connectivity index (χ3v) is 6.21. The molecule has 0 radical (unpaired) electrons. The maximum absolute atomic E-state index is 4.01. The zero-order chi connectivity index (χ0) is 13.8. The molecule has 2 aliphatic carbocycles. The molecule has 0 aromatic rings. The Kier molecular flexibility index (Phi) is 5.04. The number of nitrogens with zero attached hydrogens (tertiary/aromatic N) is 1. The highest BCUT2D eigenvalue weighted by molar-refractivity contribution is 5.02. The van der Waals surface area contributed by atoms with Gasteiger partial charge >= 0.3 is 0 Å². The molecule has 1 saturated heterocycles. The van der Waals surface area contributed by atoms with Crippen LogP contribution < -0.4 is 5.32 Å². The van der Waals surface area contributed by atoms with Crippen LogP contribution in [0.2, 0.25) is 0 Å². The third-order valence-electron chi connectivity index (χ3n) is 6.21. The second-order valence-corrected chi connectivity index (χ2v) is 7.66. The Hall–Kier alpha value is -0.0800. The zero-order valence-electron chi connectivity index (χ0n) is 13.5. The van der Waals surface area contributed by atoms with Gasteiger partial charge in [0.2, 0.25) is 0 Å². The first-order valence-electron chi connectivity index (χ1n) is 9.32. The van der Waals surface area contributed by atoms with Gasteiger partial charge in [-0.3, -0.25) is 4.90 Å². The van der Waals surface area contributed by atoms with Gasteiger partial charge in [0.15, 0.2) is 0 Å². The molecule has 3 fully saturated rings. The lowest BCUT2D eigenvalue weighted by molar-refractivity contribution is 0.0369. The summed E-state index contributed by atoms with van der Waals surface area (Å²) < 4.78 is 0. The lowest BCUT2D eigenvalue weighted by Crippen LogP contribution is -2.65. The van der Waals surface area contributed by atoms with Gasteiger partial charge in [0, 0.05) is 24.7 Å². The summed E-state index contributed by atoms with van der Waals surface area (Å²) in [5.74, 6) is 0.979. The third kappa shape index (κ3) is 3.22. The fraction of sp³-hybridized carbons (Fsp3) is 1.00. The normalized spacial score (nSPS) is 31.9. The molecule has 1 spiro atoms. The van der Waals surface area contributed by atoms with Gasteiger partial charge in [-0.25, -0.2) is 0 Å². The van der Waals surface area contributed by atoms with Crippen LogP contribution in [0.3, 0.4) is 0 Å². The van der Waals surface area contributed by atoms with Gasteiger partial charge < -0.3 is 5.32 Å². The summed E-state index contributed by atoms with van der Waals surface area (Å²) in [6.45, 7) is 6.30. The van der Waals surface area contributed by atoms with Crippen LogP contribution >= 0.6 is 0 Å². The van der Waals surface area contributed by atoms with Crippen LogP contribution in [-0.4, -0.2) is 36.1 Å². The summed E-state index contributed by atoms with van der Waals surface area (Å²) in [6, 6.07) is 0.841. The minimum absolute atomic E-state index is 0.499. The van der Waals surface area contributed by atoms with Crippen LogP contribution in [0.1, 0.15) is 77.6 Å². The van der Waals surface area contributed by atoms with Crippen molar-refractivity contribution in [1.82, 2.24) is 10.2 Å². The van der Waals surface area contributed by atoms with E-state index in [1.807, 2.05) is 0 Å². The maximum Gasteiger partial charge on any atom is 0.0309 e. The summed E-state index contributed by atoms with van der Waals surface area (Å²) in [7, 11) is 0. The van der Waals surface area contributed by atoms with Crippen molar-refractivity contribution < 1.29 is 0 Å². The van der Waals surface area contributed by atoms with E-state index in [0.29, 0.717) is 5.54 Å². The molecule has 0 aromatic carbocycles. The van der Waals surface area contributed by atoms with E-state index in [-0.39, 0.29) is 0 Å². The molecule has 1 unspecified atom stereocenters. The lowest BCUT2D eigenvalue weighted by Gasteiger charge is -2.49. The van der Waals surface area contributed by atoms with Crippen LogP contribution in [0.15, 0.2) is 0 Å². The Morgan fingerprint density at radius 3 is 2.50 bits per heavy atom. The van der Waals surface area contributed by atoms with E-state index in [2.05, 4.69) is 17.1 Å². The minimum atomic E-state index is 0.499. The number of hydrogen-bond donors (Lipinski definition) is 1. The van der Waals surface area contributed by atoms with Crippen LogP contribution in [0.4, 0.5) is 0 Å². The van der Waals surface area contributed by atoms with Crippen molar-refractivity contribution in [3.63, 3.8) is 0 Å². The first-order valence-corrected chi connectivity index (χ1v) is 9.32. The van der Waals surface area contributed by atoms with Gasteiger partial charge in [-0.2, -0.15) is 0 Å². The van der Waals surface area contributed by atoms with Gasteiger partial charge in [-0.05, 0) is 44.6 Å². The first-order chi connectivity index (χ1) is 9.83. The molecule has 20 heavy (non-hydrogen) atoms. The van der Waals surface area contributed by atoms with Crippen molar-refractivity contribution in [3.05, 3.63) is 0 Å². The molecule has 1 aliphatic heterocycles. The van der Waals surface area contributed by atoms with Gasteiger partial charge in [-0.15, -0.1) is 0 Å². The van der Waals surface area contributed by atoms with Crippen LogP contribution in [0.25, 0.3) is 0 Å². The number of nitrogens with one attached hydrogen (secondary N) is 1. The first kappa shape index (κ1) is 14.8. The number of rotatable bonds is 4. The average Bonchev–Trinajstić information content (AvgIpc) is 2.94. The Morgan fingerprint density at radius 1 is 1.05 bits per heavy atom. The number of piperazine rings is 1. The van der Waals surface area contributed by atoms with Gasteiger partial charge in [0.1, 0.15) is 0 Å². The zero-order valence-corrected chi connectivity index (χ0v) is 13.5. The van der Waals surface area contributed by atoms with E-state index in [0.717, 1.165) is 12.0 Å². The Morgan fingerprint density at radius 2 is 1.80 bits per heavy atom. The molecule has 1 atom stereocenters. The van der Waals surface area contributed by atoms with Crippen LogP contribution in [0, 0.1) is 5.92 Å². The molecule has 2 heteroatoms. The molecule has 2 nitrogen and oxygen atoms in total. The minimum Gasteiger partial charge on any atom is -0.308 e. The SMILES string of the molecule is CCCCN1CC2(CCCC2)NCC1C1CCCCC1. The smallest absolute Gasteiger partial charge is 0.0309 e. The standard InChI is InChI=1S/C18H34N2/c1-2-3-13-20-15-18(11-7-8-12-18)19-14-17(20)16-9-5-4-6-10-16/h16-17,19H,2-15H2,1H3. The maximum atomic E-state index is 4.01. The van der Waals surface area contributed by atoms with Gasteiger partial charge in [0.25, 0.3) is 0 Å². The molecule has 0 amide bonds. The monoisotopic (exact) mass is 278 g/mol. The van der Waals surface area contributed by atoms with Gasteiger partial charge in [-0.1, -0.05) is 45.4 Å². The summed E-state index contributed by atoms with van der Waals surface area (Å²) in [4.78, 5) is 2.90. The predicted octanol–water partition coefficient (Wildman–Crippen LogP) is 3.95. The molecule has 1 N–H and O–H groups in total. The quantitative estimate of drug-likeness (QED) is 0.837. The van der Waals surface area contributed by atoms with E-state index in [1.165, 1.54) is 90.3 Å². The second-order valence-electron chi connectivity index (χ2n) is 7.66. The van der Waals surface area contributed by atoms with Crippen molar-refractivity contribution in [1.29, 1.82) is 0 Å². The molecule has 2 saturated carbocycles. The summed E-state index contributed by atoms with van der Waals surface area (Å²) in [5.41, 5.74) is 0.499.